The Morgan fingerprint density at radius 1 is 1.27 bits per heavy atom. The average molecular weight is 296 g/mol. The SMILES string of the molecule is Cc1ccnc(N2CCCC(C(=O)Nc3ccccc3)C2)n1. The summed E-state index contributed by atoms with van der Waals surface area (Å²) in [6.45, 7) is 3.52. The Balaban J connectivity index is 1.66. The molecule has 1 N–H and O–H groups in total. The second kappa shape index (κ2) is 6.56. The number of hydrogen-bond acceptors (Lipinski definition) is 4. The minimum atomic E-state index is -0.0296. The smallest absolute Gasteiger partial charge is 0.229 e. The van der Waals surface area contributed by atoms with E-state index in [1.807, 2.05) is 43.3 Å². The molecule has 0 radical (unpaired) electrons. The minimum Gasteiger partial charge on any atom is -0.340 e. The van der Waals surface area contributed by atoms with Crippen LogP contribution in [0.3, 0.4) is 0 Å². The third kappa shape index (κ3) is 3.42. The summed E-state index contributed by atoms with van der Waals surface area (Å²) < 4.78 is 0. The monoisotopic (exact) mass is 296 g/mol. The second-order valence-electron chi connectivity index (χ2n) is 5.64. The number of carbonyl (C=O) groups is 1. The van der Waals surface area contributed by atoms with Gasteiger partial charge in [0, 0.05) is 30.7 Å². The van der Waals surface area contributed by atoms with Crippen molar-refractivity contribution in [3.63, 3.8) is 0 Å². The maximum absolute atomic E-state index is 12.4. The van der Waals surface area contributed by atoms with Gasteiger partial charge in [-0.25, -0.2) is 9.97 Å². The lowest BCUT2D eigenvalue weighted by molar-refractivity contribution is -0.120. The molecular formula is C17H20N4O. The number of nitrogens with zero attached hydrogens (tertiary/aromatic N) is 3. The molecule has 22 heavy (non-hydrogen) atoms. The van der Waals surface area contributed by atoms with E-state index in [9.17, 15) is 4.79 Å². The van der Waals surface area contributed by atoms with E-state index in [1.165, 1.54) is 0 Å². The molecule has 3 rings (SSSR count). The molecule has 1 aliphatic rings. The fourth-order valence-corrected chi connectivity index (χ4v) is 2.73. The van der Waals surface area contributed by atoms with Crippen molar-refractivity contribution in [2.45, 2.75) is 19.8 Å². The molecule has 1 saturated heterocycles. The number of benzene rings is 1. The molecule has 1 amide bonds. The van der Waals surface area contributed by atoms with Crippen LogP contribution in [0.15, 0.2) is 42.6 Å². The van der Waals surface area contributed by atoms with Gasteiger partial charge in [-0.3, -0.25) is 4.79 Å². The van der Waals surface area contributed by atoms with E-state index in [2.05, 4.69) is 20.2 Å². The zero-order chi connectivity index (χ0) is 15.4. The Hall–Kier alpha value is -2.43. The Kier molecular flexibility index (Phi) is 4.32. The summed E-state index contributed by atoms with van der Waals surface area (Å²) >= 11 is 0. The van der Waals surface area contributed by atoms with Gasteiger partial charge in [-0.05, 0) is 38.0 Å². The zero-order valence-corrected chi connectivity index (χ0v) is 12.7. The van der Waals surface area contributed by atoms with Gasteiger partial charge >= 0.3 is 0 Å². The number of rotatable bonds is 3. The van der Waals surface area contributed by atoms with E-state index in [1.54, 1.807) is 6.20 Å². The van der Waals surface area contributed by atoms with Crippen LogP contribution >= 0.6 is 0 Å². The van der Waals surface area contributed by atoms with Crippen LogP contribution in [0, 0.1) is 12.8 Å². The number of aryl methyl sites for hydroxylation is 1. The highest BCUT2D eigenvalue weighted by atomic mass is 16.1. The van der Waals surface area contributed by atoms with E-state index in [0.717, 1.165) is 36.7 Å². The van der Waals surface area contributed by atoms with Gasteiger partial charge < -0.3 is 10.2 Å². The van der Waals surface area contributed by atoms with Crippen molar-refractivity contribution < 1.29 is 4.79 Å². The Morgan fingerprint density at radius 3 is 2.86 bits per heavy atom. The highest BCUT2D eigenvalue weighted by Gasteiger charge is 2.27. The number of nitrogens with one attached hydrogen (secondary N) is 1. The molecule has 1 unspecified atom stereocenters. The Bertz CT molecular complexity index is 644. The molecule has 2 aromatic rings. The lowest BCUT2D eigenvalue weighted by Crippen LogP contribution is -2.41. The summed E-state index contributed by atoms with van der Waals surface area (Å²) in [5.41, 5.74) is 1.79. The molecule has 0 aliphatic carbocycles. The molecule has 5 nitrogen and oxygen atoms in total. The van der Waals surface area contributed by atoms with Crippen LogP contribution in [-0.2, 0) is 4.79 Å². The Labute approximate surface area is 130 Å². The van der Waals surface area contributed by atoms with Crippen LogP contribution < -0.4 is 10.2 Å². The standard InChI is InChI=1S/C17H20N4O/c1-13-9-10-18-17(19-13)21-11-5-6-14(12-21)16(22)20-15-7-3-2-4-8-15/h2-4,7-10,14H,5-6,11-12H2,1H3,(H,20,22). The number of carbonyl (C=O) groups excluding carboxylic acids is 1. The number of piperidine rings is 1. The quantitative estimate of drug-likeness (QED) is 0.946. The van der Waals surface area contributed by atoms with Gasteiger partial charge in [0.2, 0.25) is 11.9 Å². The van der Waals surface area contributed by atoms with Crippen LogP contribution in [0.25, 0.3) is 0 Å². The number of aromatic nitrogens is 2. The fraction of sp³-hybridized carbons (Fsp3) is 0.353. The van der Waals surface area contributed by atoms with Gasteiger partial charge in [0.25, 0.3) is 0 Å². The predicted molar refractivity (Wildman–Crippen MR) is 86.8 cm³/mol. The topological polar surface area (TPSA) is 58.1 Å². The lowest BCUT2D eigenvalue weighted by Gasteiger charge is -2.32. The third-order valence-corrected chi connectivity index (χ3v) is 3.90. The number of amides is 1. The first-order valence-electron chi connectivity index (χ1n) is 7.63. The summed E-state index contributed by atoms with van der Waals surface area (Å²) in [6.07, 6.45) is 3.65. The van der Waals surface area contributed by atoms with Crippen LogP contribution in [0.1, 0.15) is 18.5 Å². The first-order chi connectivity index (χ1) is 10.7. The van der Waals surface area contributed by atoms with Crippen LogP contribution in [0.4, 0.5) is 11.6 Å². The molecule has 0 bridgehead atoms. The first-order valence-corrected chi connectivity index (χ1v) is 7.63. The summed E-state index contributed by atoms with van der Waals surface area (Å²) in [6, 6.07) is 11.5. The largest absolute Gasteiger partial charge is 0.340 e. The minimum absolute atomic E-state index is 0.0296. The molecule has 114 valence electrons. The molecular weight excluding hydrogens is 276 g/mol. The molecule has 1 aromatic heterocycles. The highest BCUT2D eigenvalue weighted by Crippen LogP contribution is 2.21. The van der Waals surface area contributed by atoms with E-state index in [4.69, 9.17) is 0 Å². The van der Waals surface area contributed by atoms with Gasteiger partial charge in [0.15, 0.2) is 0 Å². The first kappa shape index (κ1) is 14.5. The van der Waals surface area contributed by atoms with E-state index in [0.29, 0.717) is 6.54 Å². The number of para-hydroxylation sites is 1. The lowest BCUT2D eigenvalue weighted by atomic mass is 9.97. The Morgan fingerprint density at radius 2 is 2.09 bits per heavy atom. The number of hydrogen-bond donors (Lipinski definition) is 1. The maximum atomic E-state index is 12.4. The summed E-state index contributed by atoms with van der Waals surface area (Å²) in [5.74, 6) is 0.763. The number of anilines is 2. The average Bonchev–Trinajstić information content (AvgIpc) is 2.56. The van der Waals surface area contributed by atoms with Gasteiger partial charge in [0.1, 0.15) is 0 Å². The zero-order valence-electron chi connectivity index (χ0n) is 12.7. The van der Waals surface area contributed by atoms with E-state index < -0.39 is 0 Å². The van der Waals surface area contributed by atoms with Gasteiger partial charge in [-0.15, -0.1) is 0 Å². The van der Waals surface area contributed by atoms with Crippen molar-refractivity contribution in [3.05, 3.63) is 48.3 Å². The summed E-state index contributed by atoms with van der Waals surface area (Å²) in [7, 11) is 0. The van der Waals surface area contributed by atoms with Gasteiger partial charge in [-0.2, -0.15) is 0 Å². The highest BCUT2D eigenvalue weighted by molar-refractivity contribution is 5.93. The molecule has 1 aliphatic heterocycles. The molecule has 0 spiro atoms. The third-order valence-electron chi connectivity index (χ3n) is 3.90. The molecule has 1 atom stereocenters. The summed E-state index contributed by atoms with van der Waals surface area (Å²) in [5, 5.41) is 2.99. The van der Waals surface area contributed by atoms with E-state index in [-0.39, 0.29) is 11.8 Å². The van der Waals surface area contributed by atoms with Gasteiger partial charge in [-0.1, -0.05) is 18.2 Å². The molecule has 1 aromatic carbocycles. The van der Waals surface area contributed by atoms with Crippen molar-refractivity contribution in [3.8, 4) is 0 Å². The van der Waals surface area contributed by atoms with E-state index >= 15 is 0 Å². The normalized spacial score (nSPS) is 18.0. The molecule has 1 fully saturated rings. The molecule has 5 heteroatoms. The van der Waals surface area contributed by atoms with Crippen molar-refractivity contribution >= 4 is 17.5 Å². The van der Waals surface area contributed by atoms with Crippen LogP contribution in [-0.4, -0.2) is 29.0 Å². The summed E-state index contributed by atoms with van der Waals surface area (Å²) in [4.78, 5) is 23.3. The van der Waals surface area contributed by atoms with Crippen molar-refractivity contribution in [2.24, 2.45) is 5.92 Å². The van der Waals surface area contributed by atoms with Crippen molar-refractivity contribution in [2.75, 3.05) is 23.3 Å². The van der Waals surface area contributed by atoms with Crippen molar-refractivity contribution in [1.29, 1.82) is 0 Å². The van der Waals surface area contributed by atoms with Crippen LogP contribution in [0.5, 0.6) is 0 Å². The maximum Gasteiger partial charge on any atom is 0.229 e. The second-order valence-corrected chi connectivity index (χ2v) is 5.64. The molecule has 2 heterocycles. The van der Waals surface area contributed by atoms with Crippen molar-refractivity contribution in [1.82, 2.24) is 9.97 Å². The van der Waals surface area contributed by atoms with Gasteiger partial charge in [0.05, 0.1) is 5.92 Å². The van der Waals surface area contributed by atoms with Crippen LogP contribution in [0.2, 0.25) is 0 Å². The fourth-order valence-electron chi connectivity index (χ4n) is 2.73. The predicted octanol–water partition coefficient (Wildman–Crippen LogP) is 2.64. The molecule has 0 saturated carbocycles.